The third-order valence-electron chi connectivity index (χ3n) is 6.85. The summed E-state index contributed by atoms with van der Waals surface area (Å²) >= 11 is 1.72. The van der Waals surface area contributed by atoms with Crippen molar-refractivity contribution in [2.75, 3.05) is 14.2 Å². The van der Waals surface area contributed by atoms with Gasteiger partial charge in [-0.1, -0.05) is 48.5 Å². The van der Waals surface area contributed by atoms with Gasteiger partial charge >= 0.3 is 0 Å². The van der Waals surface area contributed by atoms with E-state index in [4.69, 9.17) is 20.3 Å². The van der Waals surface area contributed by atoms with Gasteiger partial charge in [-0.05, 0) is 53.1 Å². The molecular weight excluding hydrogens is 466 g/mol. The molecule has 0 radical (unpaired) electrons. The van der Waals surface area contributed by atoms with Crippen LogP contribution >= 0.6 is 11.3 Å². The van der Waals surface area contributed by atoms with Gasteiger partial charge < -0.3 is 15.2 Å². The van der Waals surface area contributed by atoms with Gasteiger partial charge in [0.2, 0.25) is 0 Å². The molecule has 6 heteroatoms. The molecule has 3 aromatic carbocycles. The zero-order chi connectivity index (χ0) is 24.6. The first-order valence-corrected chi connectivity index (χ1v) is 12.8. The Kier molecular flexibility index (Phi) is 5.83. The Labute approximate surface area is 214 Å². The minimum absolute atomic E-state index is 0.121. The largest absolute Gasteiger partial charge is 0.497 e. The van der Waals surface area contributed by atoms with E-state index in [1.807, 2.05) is 24.3 Å². The van der Waals surface area contributed by atoms with E-state index in [-0.39, 0.29) is 6.04 Å². The maximum Gasteiger partial charge on any atom is 0.118 e. The Morgan fingerprint density at radius 1 is 0.861 bits per heavy atom. The van der Waals surface area contributed by atoms with Gasteiger partial charge in [-0.2, -0.15) is 5.10 Å². The Morgan fingerprint density at radius 2 is 1.50 bits per heavy atom. The monoisotopic (exact) mass is 493 g/mol. The number of benzene rings is 3. The van der Waals surface area contributed by atoms with Crippen molar-refractivity contribution in [1.29, 1.82) is 0 Å². The highest BCUT2D eigenvalue weighted by Gasteiger charge is 2.32. The lowest BCUT2D eigenvalue weighted by Crippen LogP contribution is -2.15. The number of hydrogen-bond donors (Lipinski definition) is 1. The summed E-state index contributed by atoms with van der Waals surface area (Å²) in [7, 11) is 3.38. The van der Waals surface area contributed by atoms with Crippen molar-refractivity contribution in [3.8, 4) is 33.3 Å². The van der Waals surface area contributed by atoms with E-state index in [1.54, 1.807) is 25.6 Å². The lowest BCUT2D eigenvalue weighted by atomic mass is 9.97. The van der Waals surface area contributed by atoms with Crippen molar-refractivity contribution in [1.82, 2.24) is 9.78 Å². The molecular formula is C30H27N3O2S. The van der Waals surface area contributed by atoms with Crippen LogP contribution in [0.1, 0.15) is 33.2 Å². The van der Waals surface area contributed by atoms with Gasteiger partial charge in [0.15, 0.2) is 0 Å². The van der Waals surface area contributed by atoms with Crippen LogP contribution in [0.4, 0.5) is 0 Å². The summed E-state index contributed by atoms with van der Waals surface area (Å²) < 4.78 is 13.1. The molecule has 36 heavy (non-hydrogen) atoms. The van der Waals surface area contributed by atoms with Crippen LogP contribution in [0.2, 0.25) is 0 Å². The average molecular weight is 494 g/mol. The molecule has 0 fully saturated rings. The number of ether oxygens (including phenoxy) is 2. The van der Waals surface area contributed by atoms with Gasteiger partial charge in [-0.25, -0.2) is 0 Å². The standard InChI is InChI=1S/C30H27N3O2S/c1-34-22-11-7-19(8-12-22)29(20-9-13-23(35-2)14-10-20)33-30-25-6-4-3-5-21(25)17-26(30)28(32-33)27-16-15-24(18-31)36-27/h3-16,29H,17-18,31H2,1-2H3. The fraction of sp³-hybridized carbons (Fsp3) is 0.167. The van der Waals surface area contributed by atoms with Gasteiger partial charge in [-0.15, -0.1) is 11.3 Å². The van der Waals surface area contributed by atoms with Crippen molar-refractivity contribution in [2.45, 2.75) is 19.0 Å². The first-order valence-electron chi connectivity index (χ1n) is 12.0. The summed E-state index contributed by atoms with van der Waals surface area (Å²) in [6.45, 7) is 0.536. The molecule has 0 atom stereocenters. The normalized spacial score (nSPS) is 12.0. The summed E-state index contributed by atoms with van der Waals surface area (Å²) in [5.41, 5.74) is 14.3. The minimum Gasteiger partial charge on any atom is -0.497 e. The third kappa shape index (κ3) is 3.79. The van der Waals surface area contributed by atoms with Crippen molar-refractivity contribution >= 4 is 11.3 Å². The number of hydrogen-bond acceptors (Lipinski definition) is 5. The summed E-state index contributed by atoms with van der Waals surface area (Å²) in [5, 5.41) is 5.31. The second-order valence-corrected chi connectivity index (χ2v) is 10.0. The van der Waals surface area contributed by atoms with Gasteiger partial charge in [0.1, 0.15) is 23.2 Å². The molecule has 2 aromatic heterocycles. The number of nitrogens with two attached hydrogens (primary N) is 1. The molecule has 180 valence electrons. The van der Waals surface area contributed by atoms with Gasteiger partial charge in [0.05, 0.1) is 24.8 Å². The second-order valence-electron chi connectivity index (χ2n) is 8.87. The predicted octanol–water partition coefficient (Wildman–Crippen LogP) is 6.30. The second kappa shape index (κ2) is 9.30. The summed E-state index contributed by atoms with van der Waals surface area (Å²) in [6.07, 6.45) is 0.870. The van der Waals surface area contributed by atoms with E-state index < -0.39 is 0 Å². The molecule has 2 N–H and O–H groups in total. The zero-order valence-corrected chi connectivity index (χ0v) is 21.1. The molecule has 0 unspecified atom stereocenters. The predicted molar refractivity (Wildman–Crippen MR) is 145 cm³/mol. The van der Waals surface area contributed by atoms with Gasteiger partial charge in [0.25, 0.3) is 0 Å². The molecule has 0 aliphatic heterocycles. The lowest BCUT2D eigenvalue weighted by Gasteiger charge is -2.22. The first-order chi connectivity index (χ1) is 17.7. The summed E-state index contributed by atoms with van der Waals surface area (Å²) in [4.78, 5) is 2.31. The molecule has 1 aliphatic carbocycles. The lowest BCUT2D eigenvalue weighted by molar-refractivity contribution is 0.414. The quantitative estimate of drug-likeness (QED) is 0.284. The Morgan fingerprint density at radius 3 is 2.08 bits per heavy atom. The molecule has 6 rings (SSSR count). The fourth-order valence-corrected chi connectivity index (χ4v) is 5.96. The van der Waals surface area contributed by atoms with Gasteiger partial charge in [-0.3, -0.25) is 4.68 Å². The SMILES string of the molecule is COc1ccc(C(c2ccc(OC)cc2)n2nc(-c3ccc(CN)s3)c3c2-c2ccccc2C3)cc1. The molecule has 0 saturated carbocycles. The Bertz CT molecular complexity index is 1470. The Balaban J connectivity index is 1.59. The van der Waals surface area contributed by atoms with Crippen LogP contribution in [0.15, 0.2) is 84.9 Å². The van der Waals surface area contributed by atoms with Crippen LogP contribution in [-0.4, -0.2) is 24.0 Å². The number of fused-ring (bicyclic) bond motifs is 3. The van der Waals surface area contributed by atoms with E-state index in [0.717, 1.165) is 44.5 Å². The number of thiophene rings is 1. The number of aromatic nitrogens is 2. The topological polar surface area (TPSA) is 62.3 Å². The van der Waals surface area contributed by atoms with Crippen molar-refractivity contribution < 1.29 is 9.47 Å². The van der Waals surface area contributed by atoms with Gasteiger partial charge in [0, 0.05) is 29.0 Å². The minimum atomic E-state index is -0.121. The van der Waals surface area contributed by atoms with E-state index in [9.17, 15) is 0 Å². The molecule has 5 nitrogen and oxygen atoms in total. The maximum atomic E-state index is 5.94. The van der Waals surface area contributed by atoms with Crippen molar-refractivity contribution in [3.05, 3.63) is 112 Å². The molecule has 1 aliphatic rings. The molecule has 0 amide bonds. The highest BCUT2D eigenvalue weighted by molar-refractivity contribution is 7.15. The maximum absolute atomic E-state index is 5.94. The molecule has 5 aromatic rings. The number of rotatable bonds is 7. The molecule has 0 spiro atoms. The Hall–Kier alpha value is -3.87. The van der Waals surface area contributed by atoms with Crippen LogP contribution in [-0.2, 0) is 13.0 Å². The summed E-state index contributed by atoms with van der Waals surface area (Å²) in [6, 6.07) is 29.3. The average Bonchev–Trinajstić information content (AvgIpc) is 3.64. The fourth-order valence-electron chi connectivity index (χ4n) is 5.06. The van der Waals surface area contributed by atoms with E-state index in [0.29, 0.717) is 6.54 Å². The van der Waals surface area contributed by atoms with E-state index in [2.05, 4.69) is 65.3 Å². The van der Waals surface area contributed by atoms with Crippen LogP contribution < -0.4 is 15.2 Å². The van der Waals surface area contributed by atoms with Crippen molar-refractivity contribution in [3.63, 3.8) is 0 Å². The van der Waals surface area contributed by atoms with E-state index >= 15 is 0 Å². The smallest absolute Gasteiger partial charge is 0.118 e. The summed E-state index contributed by atoms with van der Waals surface area (Å²) in [5.74, 6) is 1.66. The van der Waals surface area contributed by atoms with E-state index in [1.165, 1.54) is 22.4 Å². The highest BCUT2D eigenvalue weighted by Crippen LogP contribution is 2.46. The van der Waals surface area contributed by atoms with Crippen LogP contribution in [0, 0.1) is 0 Å². The number of nitrogens with zero attached hydrogens (tertiary/aromatic N) is 2. The van der Waals surface area contributed by atoms with Crippen molar-refractivity contribution in [2.24, 2.45) is 5.73 Å². The molecule has 0 saturated heterocycles. The zero-order valence-electron chi connectivity index (χ0n) is 20.3. The third-order valence-corrected chi connectivity index (χ3v) is 7.97. The molecule has 0 bridgehead atoms. The number of methoxy groups -OCH3 is 2. The van der Waals surface area contributed by atoms with Crippen LogP contribution in [0.25, 0.3) is 21.8 Å². The van der Waals surface area contributed by atoms with Crippen LogP contribution in [0.5, 0.6) is 11.5 Å². The highest BCUT2D eigenvalue weighted by atomic mass is 32.1. The molecule has 2 heterocycles. The van der Waals surface area contributed by atoms with Crippen LogP contribution in [0.3, 0.4) is 0 Å². The first kappa shape index (κ1) is 22.6.